The van der Waals surface area contributed by atoms with Crippen molar-refractivity contribution in [2.24, 2.45) is 0 Å². The van der Waals surface area contributed by atoms with Gasteiger partial charge < -0.3 is 4.90 Å². The summed E-state index contributed by atoms with van der Waals surface area (Å²) in [6.07, 6.45) is 0.376. The Kier molecular flexibility index (Phi) is 6.94. The van der Waals surface area contributed by atoms with Gasteiger partial charge in [0.1, 0.15) is 0 Å². The highest BCUT2D eigenvalue weighted by Gasteiger charge is 2.21. The molecule has 0 heterocycles. The molecule has 1 unspecified atom stereocenters. The van der Waals surface area contributed by atoms with Gasteiger partial charge in [0.05, 0.1) is 11.8 Å². The molecule has 0 aliphatic heterocycles. The van der Waals surface area contributed by atoms with Crippen molar-refractivity contribution in [1.29, 1.82) is 0 Å². The quantitative estimate of drug-likeness (QED) is 0.681. The highest BCUT2D eigenvalue weighted by molar-refractivity contribution is 7.89. The summed E-state index contributed by atoms with van der Waals surface area (Å²) >= 11 is 5.41. The third-order valence-electron chi connectivity index (χ3n) is 2.12. The molecule has 7 heteroatoms. The number of carbonyl (C=O) groups excluding carboxylic acids is 1. The third-order valence-corrected chi connectivity index (χ3v) is 3.93. The van der Waals surface area contributed by atoms with Crippen LogP contribution in [0.3, 0.4) is 0 Å². The predicted octanol–water partition coefficient (Wildman–Crippen LogP) is 0.402. The molecule has 96 valence electrons. The van der Waals surface area contributed by atoms with Crippen molar-refractivity contribution in [2.75, 3.05) is 25.2 Å². The molecule has 0 aromatic carbocycles. The topological polar surface area (TPSA) is 66.5 Å². The molecule has 16 heavy (non-hydrogen) atoms. The lowest BCUT2D eigenvalue weighted by Crippen LogP contribution is -2.46. The number of hydrogen-bond donors (Lipinski definition) is 1. The number of alkyl halides is 1. The average molecular weight is 271 g/mol. The first-order valence-corrected chi connectivity index (χ1v) is 7.33. The molecule has 0 radical (unpaired) electrons. The third kappa shape index (κ3) is 5.67. The van der Waals surface area contributed by atoms with Gasteiger partial charge in [0, 0.05) is 19.5 Å². The van der Waals surface area contributed by atoms with Crippen LogP contribution in [0.1, 0.15) is 20.3 Å². The summed E-state index contributed by atoms with van der Waals surface area (Å²) in [5, 5.41) is 0. The van der Waals surface area contributed by atoms with Gasteiger partial charge in [-0.05, 0) is 20.3 Å². The van der Waals surface area contributed by atoms with E-state index in [9.17, 15) is 13.2 Å². The lowest BCUT2D eigenvalue weighted by Gasteiger charge is -2.20. The highest BCUT2D eigenvalue weighted by atomic mass is 35.5. The number of sulfonamides is 1. The number of halogens is 1. The second-order valence-corrected chi connectivity index (χ2v) is 5.80. The Morgan fingerprint density at radius 2 is 2.06 bits per heavy atom. The van der Waals surface area contributed by atoms with E-state index in [1.807, 2.05) is 6.92 Å². The molecule has 0 saturated carbocycles. The van der Waals surface area contributed by atoms with Crippen molar-refractivity contribution in [2.45, 2.75) is 26.3 Å². The van der Waals surface area contributed by atoms with Crippen LogP contribution in [0.15, 0.2) is 0 Å². The van der Waals surface area contributed by atoms with Crippen molar-refractivity contribution in [3.8, 4) is 0 Å². The van der Waals surface area contributed by atoms with Crippen molar-refractivity contribution >= 4 is 27.5 Å². The van der Waals surface area contributed by atoms with E-state index >= 15 is 0 Å². The van der Waals surface area contributed by atoms with Crippen molar-refractivity contribution < 1.29 is 13.2 Å². The van der Waals surface area contributed by atoms with E-state index in [1.165, 1.54) is 11.8 Å². The zero-order valence-electron chi connectivity index (χ0n) is 9.86. The van der Waals surface area contributed by atoms with Gasteiger partial charge in [-0.2, -0.15) is 0 Å². The fourth-order valence-electron chi connectivity index (χ4n) is 1.11. The Morgan fingerprint density at radius 1 is 1.50 bits per heavy atom. The maximum Gasteiger partial charge on any atom is 0.240 e. The normalized spacial score (nSPS) is 13.5. The van der Waals surface area contributed by atoms with Crippen LogP contribution in [0.2, 0.25) is 0 Å². The molecule has 0 spiro atoms. The van der Waals surface area contributed by atoms with E-state index < -0.39 is 16.1 Å². The van der Waals surface area contributed by atoms with E-state index in [1.54, 1.807) is 7.05 Å². The molecule has 0 saturated heterocycles. The zero-order chi connectivity index (χ0) is 12.8. The first-order valence-electron chi connectivity index (χ1n) is 5.15. The SMILES string of the molecule is CCN(C)C(=O)C(C)NS(=O)(=O)CCCCl. The maximum absolute atomic E-state index is 11.6. The van der Waals surface area contributed by atoms with Gasteiger partial charge in [-0.15, -0.1) is 11.6 Å². The molecule has 0 aromatic heterocycles. The predicted molar refractivity (Wildman–Crippen MR) is 65.0 cm³/mol. The van der Waals surface area contributed by atoms with Crippen LogP contribution in [0.5, 0.6) is 0 Å². The molecule has 1 atom stereocenters. The second-order valence-electron chi connectivity index (χ2n) is 3.55. The largest absolute Gasteiger partial charge is 0.345 e. The Labute approximate surface area is 102 Å². The Bertz CT molecular complexity index is 319. The number of carbonyl (C=O) groups is 1. The van der Waals surface area contributed by atoms with Crippen LogP contribution in [0.4, 0.5) is 0 Å². The summed E-state index contributed by atoms with van der Waals surface area (Å²) in [7, 11) is -1.78. The van der Waals surface area contributed by atoms with Crippen LogP contribution >= 0.6 is 11.6 Å². The molecule has 0 bridgehead atoms. The number of amides is 1. The van der Waals surface area contributed by atoms with Gasteiger partial charge in [0.15, 0.2) is 0 Å². The van der Waals surface area contributed by atoms with Crippen LogP contribution in [0, 0.1) is 0 Å². The summed E-state index contributed by atoms with van der Waals surface area (Å²) in [6, 6.07) is -0.731. The number of likely N-dealkylation sites (N-methyl/N-ethyl adjacent to an activating group) is 1. The van der Waals surface area contributed by atoms with Crippen LogP contribution in [-0.2, 0) is 14.8 Å². The van der Waals surface area contributed by atoms with Gasteiger partial charge in [-0.3, -0.25) is 4.79 Å². The smallest absolute Gasteiger partial charge is 0.240 e. The molecular formula is C9H19ClN2O3S. The van der Waals surface area contributed by atoms with E-state index in [4.69, 9.17) is 11.6 Å². The lowest BCUT2D eigenvalue weighted by molar-refractivity contribution is -0.131. The fourth-order valence-corrected chi connectivity index (χ4v) is 2.68. The van der Waals surface area contributed by atoms with Gasteiger partial charge in [-0.25, -0.2) is 13.1 Å². The van der Waals surface area contributed by atoms with Gasteiger partial charge in [-0.1, -0.05) is 0 Å². The first-order chi connectivity index (χ1) is 7.34. The van der Waals surface area contributed by atoms with Crippen LogP contribution in [-0.4, -0.2) is 50.5 Å². The van der Waals surface area contributed by atoms with Crippen LogP contribution < -0.4 is 4.72 Å². The summed E-state index contributed by atoms with van der Waals surface area (Å²) in [6.45, 7) is 3.91. The number of hydrogen-bond acceptors (Lipinski definition) is 3. The molecule has 5 nitrogen and oxygen atoms in total. The van der Waals surface area contributed by atoms with Crippen molar-refractivity contribution in [3.63, 3.8) is 0 Å². The second kappa shape index (κ2) is 7.09. The lowest BCUT2D eigenvalue weighted by atomic mass is 10.3. The standard InChI is InChI=1S/C9H19ClN2O3S/c1-4-12(3)9(13)8(2)11-16(14,15)7-5-6-10/h8,11H,4-7H2,1-3H3. The number of nitrogens with zero attached hydrogens (tertiary/aromatic N) is 1. The van der Waals surface area contributed by atoms with Gasteiger partial charge in [0.2, 0.25) is 15.9 Å². The molecule has 1 amide bonds. The number of rotatable bonds is 7. The molecule has 0 aromatic rings. The minimum absolute atomic E-state index is 0.0516. The molecule has 0 aliphatic rings. The van der Waals surface area contributed by atoms with Crippen molar-refractivity contribution in [1.82, 2.24) is 9.62 Å². The molecular weight excluding hydrogens is 252 g/mol. The molecule has 0 rings (SSSR count). The first kappa shape index (κ1) is 15.7. The van der Waals surface area contributed by atoms with Gasteiger partial charge in [0.25, 0.3) is 0 Å². The summed E-state index contributed by atoms with van der Waals surface area (Å²) in [5.74, 6) is -0.000782. The zero-order valence-corrected chi connectivity index (χ0v) is 11.4. The van der Waals surface area contributed by atoms with E-state index in [-0.39, 0.29) is 17.5 Å². The van der Waals surface area contributed by atoms with E-state index in [0.717, 1.165) is 0 Å². The number of nitrogens with one attached hydrogen (secondary N) is 1. The summed E-state index contributed by atoms with van der Waals surface area (Å²) in [5.41, 5.74) is 0. The maximum atomic E-state index is 11.6. The Hall–Kier alpha value is -0.330. The van der Waals surface area contributed by atoms with E-state index in [2.05, 4.69) is 4.72 Å². The van der Waals surface area contributed by atoms with E-state index in [0.29, 0.717) is 13.0 Å². The minimum Gasteiger partial charge on any atom is -0.345 e. The van der Waals surface area contributed by atoms with Gasteiger partial charge >= 0.3 is 0 Å². The summed E-state index contributed by atoms with van der Waals surface area (Å²) < 4.78 is 25.3. The average Bonchev–Trinajstić information content (AvgIpc) is 2.23. The Morgan fingerprint density at radius 3 is 2.50 bits per heavy atom. The molecule has 0 fully saturated rings. The minimum atomic E-state index is -3.41. The van der Waals surface area contributed by atoms with Crippen LogP contribution in [0.25, 0.3) is 0 Å². The monoisotopic (exact) mass is 270 g/mol. The Balaban J connectivity index is 4.33. The van der Waals surface area contributed by atoms with Crippen molar-refractivity contribution in [3.05, 3.63) is 0 Å². The molecule has 1 N–H and O–H groups in total. The summed E-state index contributed by atoms with van der Waals surface area (Å²) in [4.78, 5) is 13.1. The molecule has 0 aliphatic carbocycles. The fraction of sp³-hybridized carbons (Fsp3) is 0.889. The highest BCUT2D eigenvalue weighted by Crippen LogP contribution is 1.97.